The molecule has 0 atom stereocenters. The lowest BCUT2D eigenvalue weighted by Crippen LogP contribution is -2.10. The van der Waals surface area contributed by atoms with Gasteiger partial charge in [-0.25, -0.2) is 0 Å². The van der Waals surface area contributed by atoms with Crippen LogP contribution in [-0.2, 0) is 19.3 Å². The molecule has 0 saturated carbocycles. The van der Waals surface area contributed by atoms with Crippen LogP contribution in [0.1, 0.15) is 40.3 Å². The summed E-state index contributed by atoms with van der Waals surface area (Å²) >= 11 is 0. The quantitative estimate of drug-likeness (QED) is 0.138. The lowest BCUT2D eigenvalue weighted by Gasteiger charge is -2.27. The number of benzene rings is 10. The molecule has 0 aliphatic heterocycles. The van der Waals surface area contributed by atoms with Crippen LogP contribution in [0.3, 0.4) is 0 Å². The van der Waals surface area contributed by atoms with Crippen molar-refractivity contribution in [1.29, 1.82) is 0 Å². The third kappa shape index (κ3) is 6.41. The van der Waals surface area contributed by atoms with Crippen molar-refractivity contribution in [2.24, 2.45) is 0 Å². The first-order valence-corrected chi connectivity index (χ1v) is 24.6. The van der Waals surface area contributed by atoms with E-state index in [0.29, 0.717) is 0 Å². The molecule has 0 fully saturated rings. The van der Waals surface area contributed by atoms with Crippen molar-refractivity contribution in [1.82, 2.24) is 4.57 Å². The van der Waals surface area contributed by atoms with Crippen LogP contribution in [-0.4, -0.2) is 4.57 Å². The lowest BCUT2D eigenvalue weighted by atomic mass is 9.94. The van der Waals surface area contributed by atoms with Crippen molar-refractivity contribution in [2.75, 3.05) is 4.90 Å². The number of hydrogen-bond donors (Lipinski definition) is 0. The summed E-state index contributed by atoms with van der Waals surface area (Å²) in [6.07, 6.45) is 9.06. The Kier molecular flexibility index (Phi) is 9.19. The molecule has 14 rings (SSSR count). The van der Waals surface area contributed by atoms with E-state index in [0.717, 1.165) is 30.6 Å². The number of hydrogen-bond acceptors (Lipinski definition) is 1. The predicted octanol–water partition coefficient (Wildman–Crippen LogP) is 18.0. The molecule has 2 heteroatoms. The van der Waals surface area contributed by atoms with Gasteiger partial charge >= 0.3 is 0 Å². The van der Waals surface area contributed by atoms with Crippen molar-refractivity contribution >= 4 is 55.2 Å². The van der Waals surface area contributed by atoms with Crippen molar-refractivity contribution in [3.63, 3.8) is 0 Å². The third-order valence-corrected chi connectivity index (χ3v) is 15.3. The van der Waals surface area contributed by atoms with Gasteiger partial charge in [0, 0.05) is 33.5 Å². The number of anilines is 3. The molecule has 0 radical (unpaired) electrons. The average molecular weight is 893 g/mol. The minimum absolute atomic E-state index is 0.953. The molecule has 3 aliphatic rings. The van der Waals surface area contributed by atoms with Crippen LogP contribution in [0.5, 0.6) is 0 Å². The van der Waals surface area contributed by atoms with Gasteiger partial charge in [0.05, 0.1) is 11.0 Å². The van der Waals surface area contributed by atoms with Crippen LogP contribution in [0, 0.1) is 0 Å². The Morgan fingerprint density at radius 1 is 0.429 bits per heavy atom. The van der Waals surface area contributed by atoms with Crippen molar-refractivity contribution < 1.29 is 0 Å². The minimum Gasteiger partial charge on any atom is -0.310 e. The molecule has 0 unspecified atom stereocenters. The van der Waals surface area contributed by atoms with Gasteiger partial charge in [-0.15, -0.1) is 0 Å². The van der Waals surface area contributed by atoms with E-state index in [1.165, 1.54) is 133 Å². The molecule has 330 valence electrons. The molecule has 1 heterocycles. The van der Waals surface area contributed by atoms with Crippen molar-refractivity contribution in [3.05, 3.63) is 270 Å². The molecule has 2 nitrogen and oxygen atoms in total. The van der Waals surface area contributed by atoms with Crippen LogP contribution in [0.25, 0.3) is 88.3 Å². The highest BCUT2D eigenvalue weighted by Crippen LogP contribution is 2.46. The van der Waals surface area contributed by atoms with Crippen LogP contribution >= 0.6 is 0 Å². The van der Waals surface area contributed by atoms with Gasteiger partial charge in [-0.05, 0) is 199 Å². The fraction of sp³-hybridized carbons (Fsp3) is 0.0588. The molecule has 10 aromatic carbocycles. The summed E-state index contributed by atoms with van der Waals surface area (Å²) in [5.41, 5.74) is 28.2. The number of aromatic nitrogens is 1. The molecule has 11 aromatic rings. The molecule has 70 heavy (non-hydrogen) atoms. The normalized spacial score (nSPS) is 13.3. The Balaban J connectivity index is 0.853. The molecule has 0 amide bonds. The monoisotopic (exact) mass is 892 g/mol. The third-order valence-electron chi connectivity index (χ3n) is 15.3. The van der Waals surface area contributed by atoms with E-state index < -0.39 is 0 Å². The maximum atomic E-state index is 3.97. The van der Waals surface area contributed by atoms with E-state index in [9.17, 15) is 0 Å². The Bertz CT molecular complexity index is 3950. The van der Waals surface area contributed by atoms with Crippen molar-refractivity contribution in [3.8, 4) is 50.2 Å². The zero-order valence-corrected chi connectivity index (χ0v) is 39.1. The van der Waals surface area contributed by atoms with Gasteiger partial charge < -0.3 is 9.47 Å². The first-order valence-electron chi connectivity index (χ1n) is 24.6. The highest BCUT2D eigenvalue weighted by Gasteiger charge is 2.25. The van der Waals surface area contributed by atoms with Gasteiger partial charge in [0.25, 0.3) is 0 Å². The largest absolute Gasteiger partial charge is 0.310 e. The predicted molar refractivity (Wildman–Crippen MR) is 296 cm³/mol. The Labute approximate surface area is 409 Å². The number of fused-ring (bicyclic) bond motifs is 12. The summed E-state index contributed by atoms with van der Waals surface area (Å²) in [6, 6.07) is 77.3. The smallest absolute Gasteiger partial charge is 0.0547 e. The van der Waals surface area contributed by atoms with Gasteiger partial charge in [-0.1, -0.05) is 158 Å². The Hall–Kier alpha value is -8.72. The van der Waals surface area contributed by atoms with E-state index >= 15 is 0 Å². The van der Waals surface area contributed by atoms with E-state index in [4.69, 9.17) is 0 Å². The minimum atomic E-state index is 0.953. The van der Waals surface area contributed by atoms with Crippen LogP contribution in [0.4, 0.5) is 17.1 Å². The van der Waals surface area contributed by atoms with Gasteiger partial charge in [0.15, 0.2) is 0 Å². The zero-order chi connectivity index (χ0) is 46.5. The topological polar surface area (TPSA) is 8.17 Å². The highest BCUT2D eigenvalue weighted by atomic mass is 15.1. The first kappa shape index (κ1) is 40.4. The van der Waals surface area contributed by atoms with Crippen LogP contribution in [0.15, 0.2) is 237 Å². The summed E-state index contributed by atoms with van der Waals surface area (Å²) in [6.45, 7) is 6.24. The molecule has 0 spiro atoms. The Morgan fingerprint density at radius 3 is 1.73 bits per heavy atom. The second-order valence-electron chi connectivity index (χ2n) is 19.4. The summed E-state index contributed by atoms with van der Waals surface area (Å²) in [5, 5.41) is 5.06. The Morgan fingerprint density at radius 2 is 1.03 bits per heavy atom. The fourth-order valence-electron chi connectivity index (χ4n) is 12.0. The highest BCUT2D eigenvalue weighted by molar-refractivity contribution is 6.16. The van der Waals surface area contributed by atoms with Gasteiger partial charge in [0.1, 0.15) is 0 Å². The fourth-order valence-corrected chi connectivity index (χ4v) is 12.0. The second kappa shape index (κ2) is 15.9. The molecule has 0 N–H and O–H groups in total. The number of para-hydroxylation sites is 1. The number of allylic oxidation sites excluding steroid dienone is 5. The van der Waals surface area contributed by atoms with Gasteiger partial charge in [-0.2, -0.15) is 0 Å². The summed E-state index contributed by atoms with van der Waals surface area (Å²) in [5.74, 6) is 0. The van der Waals surface area contributed by atoms with E-state index in [-0.39, 0.29) is 0 Å². The van der Waals surface area contributed by atoms with Gasteiger partial charge in [-0.3, -0.25) is 0 Å². The standard InChI is InChI=1S/C68H48N2/c1-3-4-19-58-43(2)34-51-23-22-50-41-67-65(42-63(50)68(51)58)64-40-47(26-33-66(64)70(67)54-17-6-5-7-18-54)46-16-12-15-45(35-46)44-24-27-55(28-25-44)69(56-29-31-61-52(38-56)36-48-13-8-10-20-59(48)61)57-30-32-62-53(39-57)37-49-14-9-11-21-60(49)62/h3-33,35,38-42H,1,34,36-37H2,2H3/b19-4-. The maximum absolute atomic E-state index is 3.97. The molecule has 3 aliphatic carbocycles. The molecule has 1 aromatic heterocycles. The SMILES string of the molecule is C=C/C=C\C1=C(C)Cc2ccc3cc4c(cc3c21)c1cc(-c2cccc(-c3ccc(N(c5ccc6c(c5)Cc5ccccc5-6)c5ccc6c(c5)Cc5ccccc5-6)cc3)c2)ccc1n4-c1ccccc1. The van der Waals surface area contributed by atoms with E-state index in [1.807, 2.05) is 6.08 Å². The lowest BCUT2D eigenvalue weighted by molar-refractivity contribution is 1.18. The number of rotatable bonds is 8. The molecular weight excluding hydrogens is 845 g/mol. The summed E-state index contributed by atoms with van der Waals surface area (Å²) < 4.78 is 2.44. The molecular formula is C68H48N2. The average Bonchev–Trinajstić information content (AvgIpc) is 4.15. The summed E-state index contributed by atoms with van der Waals surface area (Å²) in [7, 11) is 0. The molecule has 0 bridgehead atoms. The summed E-state index contributed by atoms with van der Waals surface area (Å²) in [4.78, 5) is 2.45. The van der Waals surface area contributed by atoms with E-state index in [1.54, 1.807) is 0 Å². The number of nitrogens with zero attached hydrogens (tertiary/aromatic N) is 2. The second-order valence-corrected chi connectivity index (χ2v) is 19.4. The molecule has 0 saturated heterocycles. The van der Waals surface area contributed by atoms with Crippen LogP contribution in [0.2, 0.25) is 0 Å². The van der Waals surface area contributed by atoms with Gasteiger partial charge in [0.2, 0.25) is 0 Å². The van der Waals surface area contributed by atoms with Crippen LogP contribution < -0.4 is 4.90 Å². The first-order chi connectivity index (χ1) is 34.5. The zero-order valence-electron chi connectivity index (χ0n) is 39.1. The van der Waals surface area contributed by atoms with E-state index in [2.05, 4.69) is 241 Å². The van der Waals surface area contributed by atoms with Crippen molar-refractivity contribution in [2.45, 2.75) is 26.2 Å². The maximum Gasteiger partial charge on any atom is 0.0547 e.